The monoisotopic (exact) mass is 414 g/mol. The summed E-state index contributed by atoms with van der Waals surface area (Å²) in [6.07, 6.45) is -4.80. The summed E-state index contributed by atoms with van der Waals surface area (Å²) in [5, 5.41) is 3.29. The Morgan fingerprint density at radius 2 is 1.68 bits per heavy atom. The molecule has 0 heterocycles. The van der Waals surface area contributed by atoms with E-state index in [1.165, 1.54) is 17.0 Å². The van der Waals surface area contributed by atoms with Crippen LogP contribution in [0.1, 0.15) is 22.8 Å². The van der Waals surface area contributed by atoms with E-state index in [0.717, 1.165) is 17.7 Å². The van der Waals surface area contributed by atoms with E-state index in [0.29, 0.717) is 5.02 Å². The van der Waals surface area contributed by atoms with Crippen LogP contribution in [0, 0.1) is 0 Å². The van der Waals surface area contributed by atoms with E-state index in [1.54, 1.807) is 31.2 Å². The maximum absolute atomic E-state index is 12.5. The lowest BCUT2D eigenvalue weighted by molar-refractivity contribution is -0.274. The van der Waals surface area contributed by atoms with Crippen LogP contribution in [0.5, 0.6) is 5.75 Å². The number of nitrogens with one attached hydrogen (secondary N) is 1. The molecule has 0 radical (unpaired) electrons. The molecule has 0 saturated carbocycles. The Morgan fingerprint density at radius 3 is 2.21 bits per heavy atom. The van der Waals surface area contributed by atoms with E-state index >= 15 is 0 Å². The summed E-state index contributed by atoms with van der Waals surface area (Å²) in [4.78, 5) is 25.9. The predicted molar refractivity (Wildman–Crippen MR) is 98.0 cm³/mol. The van der Waals surface area contributed by atoms with Crippen molar-refractivity contribution in [2.24, 2.45) is 0 Å². The molecule has 1 N–H and O–H groups in total. The molecule has 150 valence electrons. The minimum absolute atomic E-state index is 0.155. The van der Waals surface area contributed by atoms with Crippen LogP contribution in [0.15, 0.2) is 48.5 Å². The highest BCUT2D eigenvalue weighted by atomic mass is 35.5. The third-order valence-electron chi connectivity index (χ3n) is 3.74. The van der Waals surface area contributed by atoms with E-state index in [-0.39, 0.29) is 31.1 Å². The fourth-order valence-corrected chi connectivity index (χ4v) is 2.47. The van der Waals surface area contributed by atoms with E-state index < -0.39 is 18.0 Å². The number of carbonyl (C=O) groups excluding carboxylic acids is 2. The van der Waals surface area contributed by atoms with Crippen molar-refractivity contribution in [2.45, 2.75) is 19.8 Å². The zero-order chi connectivity index (χ0) is 20.7. The molecule has 5 nitrogen and oxygen atoms in total. The van der Waals surface area contributed by atoms with E-state index in [2.05, 4.69) is 10.1 Å². The van der Waals surface area contributed by atoms with Gasteiger partial charge in [-0.3, -0.25) is 9.59 Å². The Balaban J connectivity index is 1.93. The lowest BCUT2D eigenvalue weighted by Gasteiger charge is -2.20. The maximum atomic E-state index is 12.5. The molecule has 0 aliphatic rings. The standard InChI is InChI=1S/C19H18ClF3N2O3/c1-2-25(12-17(26)24-11-13-3-7-15(20)8-4-13)18(27)14-5-9-16(10-6-14)28-19(21,22)23/h3-10H,2,11-12H2,1H3,(H,24,26). The first-order valence-corrected chi connectivity index (χ1v) is 8.72. The van der Waals surface area contributed by atoms with Crippen LogP contribution >= 0.6 is 11.6 Å². The highest BCUT2D eigenvalue weighted by molar-refractivity contribution is 6.30. The Labute approximate surface area is 165 Å². The number of hydrogen-bond acceptors (Lipinski definition) is 3. The van der Waals surface area contributed by atoms with Gasteiger partial charge in [0.25, 0.3) is 5.91 Å². The number of ether oxygens (including phenoxy) is 1. The van der Waals surface area contributed by atoms with Crippen molar-refractivity contribution < 1.29 is 27.5 Å². The van der Waals surface area contributed by atoms with Crippen LogP contribution in [0.3, 0.4) is 0 Å². The molecule has 0 bridgehead atoms. The number of alkyl halides is 3. The van der Waals surface area contributed by atoms with Crippen LogP contribution in [0.4, 0.5) is 13.2 Å². The third kappa shape index (κ3) is 6.77. The zero-order valence-corrected chi connectivity index (χ0v) is 15.7. The van der Waals surface area contributed by atoms with Gasteiger partial charge in [-0.2, -0.15) is 0 Å². The Bertz CT molecular complexity index is 809. The largest absolute Gasteiger partial charge is 0.573 e. The number of likely N-dealkylation sites (N-methyl/N-ethyl adjacent to an activating group) is 1. The smallest absolute Gasteiger partial charge is 0.406 e. The molecule has 0 aromatic heterocycles. The van der Waals surface area contributed by atoms with Gasteiger partial charge < -0.3 is 15.0 Å². The lowest BCUT2D eigenvalue weighted by atomic mass is 10.2. The molecule has 2 amide bonds. The molecular formula is C19H18ClF3N2O3. The molecule has 28 heavy (non-hydrogen) atoms. The van der Waals surface area contributed by atoms with Crippen molar-refractivity contribution in [2.75, 3.05) is 13.1 Å². The van der Waals surface area contributed by atoms with Crippen molar-refractivity contribution in [3.63, 3.8) is 0 Å². The van der Waals surface area contributed by atoms with Crippen molar-refractivity contribution in [1.29, 1.82) is 0 Å². The Kier molecular flexibility index (Phi) is 7.28. The third-order valence-corrected chi connectivity index (χ3v) is 3.99. The molecule has 2 aromatic carbocycles. The summed E-state index contributed by atoms with van der Waals surface area (Å²) in [5.74, 6) is -1.25. The average molecular weight is 415 g/mol. The number of halogens is 4. The van der Waals surface area contributed by atoms with Crippen molar-refractivity contribution in [3.8, 4) is 5.75 Å². The van der Waals surface area contributed by atoms with E-state index in [9.17, 15) is 22.8 Å². The predicted octanol–water partition coefficient (Wildman–Crippen LogP) is 4.02. The van der Waals surface area contributed by atoms with E-state index in [4.69, 9.17) is 11.6 Å². The average Bonchev–Trinajstić information content (AvgIpc) is 2.64. The van der Waals surface area contributed by atoms with Gasteiger partial charge in [-0.15, -0.1) is 13.2 Å². The molecule has 9 heteroatoms. The molecule has 0 spiro atoms. The number of benzene rings is 2. The molecule has 0 aliphatic heterocycles. The summed E-state index contributed by atoms with van der Waals surface area (Å²) in [6, 6.07) is 11.5. The zero-order valence-electron chi connectivity index (χ0n) is 14.9. The summed E-state index contributed by atoms with van der Waals surface area (Å²) < 4.78 is 40.4. The SMILES string of the molecule is CCN(CC(=O)NCc1ccc(Cl)cc1)C(=O)c1ccc(OC(F)(F)F)cc1. The van der Waals surface area contributed by atoms with Crippen molar-refractivity contribution >= 4 is 23.4 Å². The van der Waals surface area contributed by atoms with Crippen LogP contribution < -0.4 is 10.1 Å². The summed E-state index contributed by atoms with van der Waals surface area (Å²) in [5.41, 5.74) is 1.01. The highest BCUT2D eigenvalue weighted by Gasteiger charge is 2.31. The topological polar surface area (TPSA) is 58.6 Å². The molecule has 0 saturated heterocycles. The fraction of sp³-hybridized carbons (Fsp3) is 0.263. The Morgan fingerprint density at radius 1 is 1.07 bits per heavy atom. The maximum Gasteiger partial charge on any atom is 0.573 e. The summed E-state index contributed by atoms with van der Waals surface area (Å²) in [6.45, 7) is 2.06. The summed E-state index contributed by atoms with van der Waals surface area (Å²) in [7, 11) is 0. The van der Waals surface area contributed by atoms with Crippen molar-refractivity contribution in [1.82, 2.24) is 10.2 Å². The second kappa shape index (κ2) is 9.45. The lowest BCUT2D eigenvalue weighted by Crippen LogP contribution is -2.40. The molecular weight excluding hydrogens is 397 g/mol. The van der Waals surface area contributed by atoms with Crippen LogP contribution in [0.25, 0.3) is 0 Å². The number of nitrogens with zero attached hydrogens (tertiary/aromatic N) is 1. The first-order chi connectivity index (χ1) is 13.2. The normalized spacial score (nSPS) is 11.0. The number of hydrogen-bond donors (Lipinski definition) is 1. The molecule has 0 fully saturated rings. The fourth-order valence-electron chi connectivity index (χ4n) is 2.34. The van der Waals surface area contributed by atoms with Gasteiger partial charge in [0.2, 0.25) is 5.91 Å². The molecule has 2 rings (SSSR count). The van der Waals surface area contributed by atoms with Gasteiger partial charge in [0, 0.05) is 23.7 Å². The quantitative estimate of drug-likeness (QED) is 0.744. The summed E-state index contributed by atoms with van der Waals surface area (Å²) >= 11 is 5.80. The first-order valence-electron chi connectivity index (χ1n) is 8.34. The second-order valence-electron chi connectivity index (χ2n) is 5.79. The van der Waals surface area contributed by atoms with Gasteiger partial charge in [-0.1, -0.05) is 23.7 Å². The number of amides is 2. The molecule has 0 unspecified atom stereocenters. The second-order valence-corrected chi connectivity index (χ2v) is 6.23. The van der Waals surface area contributed by atoms with Gasteiger partial charge in [-0.05, 0) is 48.9 Å². The van der Waals surface area contributed by atoms with Crippen LogP contribution in [-0.4, -0.2) is 36.2 Å². The van der Waals surface area contributed by atoms with Gasteiger partial charge in [0.05, 0.1) is 6.54 Å². The van der Waals surface area contributed by atoms with Gasteiger partial charge >= 0.3 is 6.36 Å². The highest BCUT2D eigenvalue weighted by Crippen LogP contribution is 2.23. The van der Waals surface area contributed by atoms with Gasteiger partial charge in [0.15, 0.2) is 0 Å². The van der Waals surface area contributed by atoms with Crippen molar-refractivity contribution in [3.05, 3.63) is 64.7 Å². The number of rotatable bonds is 7. The molecule has 2 aromatic rings. The van der Waals surface area contributed by atoms with Crippen LogP contribution in [0.2, 0.25) is 5.02 Å². The number of carbonyl (C=O) groups is 2. The molecule has 0 atom stereocenters. The van der Waals surface area contributed by atoms with Gasteiger partial charge in [0.1, 0.15) is 5.75 Å². The van der Waals surface area contributed by atoms with E-state index in [1.807, 2.05) is 0 Å². The Hall–Kier alpha value is -2.74. The minimum atomic E-state index is -4.80. The minimum Gasteiger partial charge on any atom is -0.406 e. The first kappa shape index (κ1) is 21.6. The molecule has 0 aliphatic carbocycles. The van der Waals surface area contributed by atoms with Crippen LogP contribution in [-0.2, 0) is 11.3 Å². The van der Waals surface area contributed by atoms with Gasteiger partial charge in [-0.25, -0.2) is 0 Å².